The van der Waals surface area contributed by atoms with Crippen LogP contribution in [-0.4, -0.2) is 23.9 Å². The van der Waals surface area contributed by atoms with E-state index in [9.17, 15) is 45.5 Å². The smallest absolute Gasteiger partial charge is 0.416 e. The fraction of sp³-hybridized carbons (Fsp3) is 0.385. The van der Waals surface area contributed by atoms with Crippen molar-refractivity contribution in [2.45, 2.75) is 65.1 Å². The lowest BCUT2D eigenvalue weighted by Gasteiger charge is -2.19. The van der Waals surface area contributed by atoms with E-state index in [2.05, 4.69) is 0 Å². The minimum atomic E-state index is -5.12. The van der Waals surface area contributed by atoms with Gasteiger partial charge in [0.1, 0.15) is 6.61 Å². The molecule has 0 amide bonds. The van der Waals surface area contributed by atoms with Gasteiger partial charge in [-0.3, -0.25) is 14.4 Å². The lowest BCUT2D eigenvalue weighted by atomic mass is 10.0. The fourth-order valence-electron chi connectivity index (χ4n) is 3.04. The number of halogens is 6. The number of esters is 4. The summed E-state index contributed by atoms with van der Waals surface area (Å²) >= 11 is 0. The average molecular weight is 578 g/mol. The minimum absolute atomic E-state index is 0.0302. The van der Waals surface area contributed by atoms with Gasteiger partial charge in [0.05, 0.1) is 11.1 Å². The van der Waals surface area contributed by atoms with Crippen molar-refractivity contribution in [1.82, 2.24) is 0 Å². The highest BCUT2D eigenvalue weighted by atomic mass is 19.4. The highest BCUT2D eigenvalue weighted by Crippen LogP contribution is 2.37. The maximum Gasteiger partial charge on any atom is 0.416 e. The van der Waals surface area contributed by atoms with Gasteiger partial charge >= 0.3 is 36.2 Å². The Morgan fingerprint density at radius 2 is 1.20 bits per heavy atom. The first kappa shape index (κ1) is 32.1. The first-order chi connectivity index (χ1) is 18.6. The first-order valence-electron chi connectivity index (χ1n) is 11.8. The normalized spacial score (nSPS) is 12.3. The Labute approximate surface area is 224 Å². The molecule has 14 heteroatoms. The van der Waals surface area contributed by atoms with Gasteiger partial charge in [-0.15, -0.1) is 0 Å². The van der Waals surface area contributed by atoms with Crippen molar-refractivity contribution < 1.29 is 64.5 Å². The van der Waals surface area contributed by atoms with E-state index in [1.165, 1.54) is 26.8 Å². The summed E-state index contributed by atoms with van der Waals surface area (Å²) in [6.45, 7) is 3.35. The van der Waals surface area contributed by atoms with Gasteiger partial charge in [-0.25, -0.2) is 4.79 Å². The van der Waals surface area contributed by atoms with Crippen LogP contribution in [0.1, 0.15) is 68.4 Å². The SMILES string of the molecule is CCC(=O)Oc1ccc(C(OC(=O)CC)C(=O)OCc2cc(C(F)(F)F)cc(C(F)(F)F)c2)cc1OC(=O)CC. The van der Waals surface area contributed by atoms with Gasteiger partial charge in [0.25, 0.3) is 0 Å². The zero-order valence-electron chi connectivity index (χ0n) is 21.4. The molecule has 0 saturated heterocycles. The third kappa shape index (κ3) is 8.99. The van der Waals surface area contributed by atoms with Crippen LogP contribution < -0.4 is 9.47 Å². The third-order valence-electron chi connectivity index (χ3n) is 5.08. The Bertz CT molecular complexity index is 1220. The van der Waals surface area contributed by atoms with Crippen LogP contribution in [0, 0.1) is 0 Å². The number of rotatable bonds is 10. The van der Waals surface area contributed by atoms with Crippen molar-refractivity contribution in [2.24, 2.45) is 0 Å². The third-order valence-corrected chi connectivity index (χ3v) is 5.08. The van der Waals surface area contributed by atoms with Gasteiger partial charge < -0.3 is 18.9 Å². The molecule has 8 nitrogen and oxygen atoms in total. The molecule has 2 aromatic carbocycles. The molecule has 0 aliphatic rings. The van der Waals surface area contributed by atoms with Crippen LogP contribution in [0.5, 0.6) is 11.5 Å². The number of benzene rings is 2. The van der Waals surface area contributed by atoms with Gasteiger partial charge in [-0.05, 0) is 35.9 Å². The summed E-state index contributed by atoms with van der Waals surface area (Å²) in [4.78, 5) is 48.5. The quantitative estimate of drug-likeness (QED) is 0.189. The molecule has 2 rings (SSSR count). The number of alkyl halides is 6. The van der Waals surface area contributed by atoms with Crippen molar-refractivity contribution in [1.29, 1.82) is 0 Å². The van der Waals surface area contributed by atoms with E-state index in [-0.39, 0.29) is 42.4 Å². The molecule has 1 unspecified atom stereocenters. The molecular formula is C26H24F6O8. The van der Waals surface area contributed by atoms with Gasteiger partial charge in [0, 0.05) is 24.8 Å². The molecule has 0 radical (unpaired) electrons. The van der Waals surface area contributed by atoms with E-state index < -0.39 is 65.6 Å². The minimum Gasteiger partial charge on any atom is -0.458 e. The molecule has 218 valence electrons. The second-order valence-electron chi connectivity index (χ2n) is 8.11. The van der Waals surface area contributed by atoms with E-state index in [0.717, 1.165) is 12.1 Å². The molecule has 0 aliphatic heterocycles. The molecule has 40 heavy (non-hydrogen) atoms. The zero-order chi connectivity index (χ0) is 30.3. The monoisotopic (exact) mass is 578 g/mol. The molecule has 0 fully saturated rings. The van der Waals surface area contributed by atoms with Crippen LogP contribution in [0.15, 0.2) is 36.4 Å². The lowest BCUT2D eigenvalue weighted by molar-refractivity contribution is -0.169. The van der Waals surface area contributed by atoms with Crippen molar-refractivity contribution in [3.8, 4) is 11.5 Å². The summed E-state index contributed by atoms with van der Waals surface area (Å²) in [5, 5.41) is 0. The maximum absolute atomic E-state index is 13.2. The van der Waals surface area contributed by atoms with E-state index in [1.54, 1.807) is 0 Å². The summed E-state index contributed by atoms with van der Waals surface area (Å²) in [5.74, 6) is -4.21. The van der Waals surface area contributed by atoms with E-state index in [0.29, 0.717) is 12.1 Å². The number of hydrogen-bond acceptors (Lipinski definition) is 8. The summed E-state index contributed by atoms with van der Waals surface area (Å²) in [5.41, 5.74) is -4.00. The highest BCUT2D eigenvalue weighted by molar-refractivity contribution is 5.82. The molecule has 0 saturated carbocycles. The zero-order valence-corrected chi connectivity index (χ0v) is 21.4. The molecule has 0 bridgehead atoms. The summed E-state index contributed by atoms with van der Waals surface area (Å²) in [7, 11) is 0. The van der Waals surface area contributed by atoms with Crippen LogP contribution in [0.2, 0.25) is 0 Å². The van der Waals surface area contributed by atoms with Gasteiger partial charge in [0.2, 0.25) is 6.10 Å². The van der Waals surface area contributed by atoms with Crippen molar-refractivity contribution in [3.05, 3.63) is 58.7 Å². The second-order valence-corrected chi connectivity index (χ2v) is 8.11. The number of hydrogen-bond donors (Lipinski definition) is 0. The lowest BCUT2D eigenvalue weighted by Crippen LogP contribution is -2.22. The maximum atomic E-state index is 13.2. The van der Waals surface area contributed by atoms with Crippen molar-refractivity contribution >= 4 is 23.9 Å². The van der Waals surface area contributed by atoms with Gasteiger partial charge in [0.15, 0.2) is 11.5 Å². The Hall–Kier alpha value is -4.10. The number of carbonyl (C=O) groups excluding carboxylic acids is 4. The van der Waals surface area contributed by atoms with Crippen LogP contribution in [-0.2, 0) is 47.6 Å². The number of ether oxygens (including phenoxy) is 4. The van der Waals surface area contributed by atoms with Crippen molar-refractivity contribution in [3.63, 3.8) is 0 Å². The summed E-state index contributed by atoms with van der Waals surface area (Å²) in [6, 6.07) is 4.05. The van der Waals surface area contributed by atoms with E-state index >= 15 is 0 Å². The predicted octanol–water partition coefficient (Wildman–Crippen LogP) is 6.09. The van der Waals surface area contributed by atoms with Crippen LogP contribution >= 0.6 is 0 Å². The Balaban J connectivity index is 2.44. The molecule has 0 aromatic heterocycles. The highest BCUT2D eigenvalue weighted by Gasteiger charge is 2.37. The fourth-order valence-corrected chi connectivity index (χ4v) is 3.04. The number of carbonyl (C=O) groups is 4. The van der Waals surface area contributed by atoms with Crippen LogP contribution in [0.4, 0.5) is 26.3 Å². The van der Waals surface area contributed by atoms with Crippen LogP contribution in [0.25, 0.3) is 0 Å². The summed E-state index contributed by atoms with van der Waals surface area (Å²) < 4.78 is 99.2. The van der Waals surface area contributed by atoms with Gasteiger partial charge in [-0.1, -0.05) is 26.8 Å². The largest absolute Gasteiger partial charge is 0.458 e. The molecule has 0 aliphatic carbocycles. The Morgan fingerprint density at radius 3 is 1.68 bits per heavy atom. The molecule has 0 spiro atoms. The Morgan fingerprint density at radius 1 is 0.700 bits per heavy atom. The second kappa shape index (κ2) is 13.3. The average Bonchev–Trinajstić information content (AvgIpc) is 2.89. The van der Waals surface area contributed by atoms with Crippen molar-refractivity contribution in [2.75, 3.05) is 0 Å². The molecule has 2 aromatic rings. The van der Waals surface area contributed by atoms with E-state index in [1.807, 2.05) is 0 Å². The Kier molecular flexibility index (Phi) is 10.7. The van der Waals surface area contributed by atoms with Gasteiger partial charge in [-0.2, -0.15) is 26.3 Å². The molecule has 0 N–H and O–H groups in total. The standard InChI is InChI=1S/C26H24F6O8/c1-4-20(33)38-18-8-7-15(11-19(18)39-21(34)5-2)23(40-22(35)6-3)24(36)37-13-14-9-16(25(27,28)29)12-17(10-14)26(30,31)32/h7-12,23H,4-6,13H2,1-3H3. The molecular weight excluding hydrogens is 554 g/mol. The first-order valence-corrected chi connectivity index (χ1v) is 11.8. The topological polar surface area (TPSA) is 105 Å². The predicted molar refractivity (Wildman–Crippen MR) is 124 cm³/mol. The van der Waals surface area contributed by atoms with Crippen LogP contribution in [0.3, 0.4) is 0 Å². The van der Waals surface area contributed by atoms with E-state index in [4.69, 9.17) is 18.9 Å². The molecule has 0 heterocycles. The summed E-state index contributed by atoms with van der Waals surface area (Å²) in [6.07, 6.45) is -12.4. The molecule has 1 atom stereocenters.